The van der Waals surface area contributed by atoms with Crippen molar-refractivity contribution in [1.29, 1.82) is 0 Å². The minimum Gasteiger partial charge on any atom is -0.481 e. The van der Waals surface area contributed by atoms with Crippen LogP contribution in [-0.2, 0) is 11.3 Å². The van der Waals surface area contributed by atoms with Gasteiger partial charge in [0.1, 0.15) is 0 Å². The highest BCUT2D eigenvalue weighted by atomic mass is 35.5. The van der Waals surface area contributed by atoms with E-state index in [0.29, 0.717) is 5.92 Å². The van der Waals surface area contributed by atoms with Crippen molar-refractivity contribution in [3.05, 3.63) is 35.4 Å². The highest BCUT2D eigenvalue weighted by molar-refractivity contribution is 5.85. The molecule has 0 saturated carbocycles. The van der Waals surface area contributed by atoms with Crippen molar-refractivity contribution in [3.63, 3.8) is 0 Å². The van der Waals surface area contributed by atoms with Gasteiger partial charge in [0.25, 0.3) is 0 Å². The molecule has 0 bridgehead atoms. The predicted molar refractivity (Wildman–Crippen MR) is 99.7 cm³/mol. The van der Waals surface area contributed by atoms with Gasteiger partial charge in [-0.05, 0) is 37.8 Å². The van der Waals surface area contributed by atoms with Gasteiger partial charge in [0, 0.05) is 13.1 Å². The van der Waals surface area contributed by atoms with Crippen LogP contribution in [0.4, 0.5) is 0 Å². The summed E-state index contributed by atoms with van der Waals surface area (Å²) >= 11 is 0. The summed E-state index contributed by atoms with van der Waals surface area (Å²) in [5.74, 6) is -0.446. The number of aliphatic carboxylic acids is 1. The zero-order valence-electron chi connectivity index (χ0n) is 14.0. The van der Waals surface area contributed by atoms with Gasteiger partial charge in [-0.2, -0.15) is 0 Å². The largest absolute Gasteiger partial charge is 0.481 e. The Kier molecular flexibility index (Phi) is 10.5. The van der Waals surface area contributed by atoms with Gasteiger partial charge in [0.2, 0.25) is 0 Å². The minimum absolute atomic E-state index is 0. The lowest BCUT2D eigenvalue weighted by Crippen LogP contribution is -2.27. The SMILES string of the molecule is CCCCC(C(=O)O)[C@H]1CCN(Cc2ccc(C)cc2)C1.Cl.Cl. The molecule has 1 unspecified atom stereocenters. The van der Waals surface area contributed by atoms with Gasteiger partial charge in [-0.15, -0.1) is 24.8 Å². The van der Waals surface area contributed by atoms with Crippen LogP contribution in [0.25, 0.3) is 0 Å². The number of carboxylic acid groups (broad SMARTS) is 1. The van der Waals surface area contributed by atoms with Crippen LogP contribution < -0.4 is 0 Å². The minimum atomic E-state index is -0.606. The normalized spacial score (nSPS) is 18.8. The van der Waals surface area contributed by atoms with E-state index in [4.69, 9.17) is 0 Å². The van der Waals surface area contributed by atoms with Crippen LogP contribution in [0, 0.1) is 18.8 Å². The fourth-order valence-corrected chi connectivity index (χ4v) is 3.27. The second-order valence-corrected chi connectivity index (χ2v) is 6.36. The van der Waals surface area contributed by atoms with Crippen molar-refractivity contribution in [2.45, 2.75) is 46.1 Å². The molecule has 1 aliphatic rings. The second-order valence-electron chi connectivity index (χ2n) is 6.36. The molecule has 1 saturated heterocycles. The van der Waals surface area contributed by atoms with E-state index in [1.807, 2.05) is 0 Å². The summed E-state index contributed by atoms with van der Waals surface area (Å²) in [7, 11) is 0. The Morgan fingerprint density at radius 1 is 1.30 bits per heavy atom. The molecule has 2 rings (SSSR count). The summed E-state index contributed by atoms with van der Waals surface area (Å²) in [5.41, 5.74) is 2.60. The molecule has 3 nitrogen and oxygen atoms in total. The Labute approximate surface area is 152 Å². The first-order chi connectivity index (χ1) is 10.1. The fraction of sp³-hybridized carbons (Fsp3) is 0.611. The zero-order chi connectivity index (χ0) is 15.2. The molecule has 1 fully saturated rings. The first-order valence-corrected chi connectivity index (χ1v) is 8.11. The van der Waals surface area contributed by atoms with Crippen molar-refractivity contribution in [2.75, 3.05) is 13.1 Å². The van der Waals surface area contributed by atoms with Gasteiger partial charge in [0.05, 0.1) is 5.92 Å². The number of benzene rings is 1. The van der Waals surface area contributed by atoms with E-state index in [0.717, 1.165) is 45.3 Å². The third kappa shape index (κ3) is 6.70. The van der Waals surface area contributed by atoms with Gasteiger partial charge >= 0.3 is 5.97 Å². The van der Waals surface area contributed by atoms with Gasteiger partial charge in [-0.1, -0.05) is 49.6 Å². The molecule has 0 aliphatic carbocycles. The third-order valence-electron chi connectivity index (χ3n) is 4.59. The summed E-state index contributed by atoms with van der Waals surface area (Å²) in [6.45, 7) is 7.11. The number of hydrogen-bond donors (Lipinski definition) is 1. The summed E-state index contributed by atoms with van der Waals surface area (Å²) in [6.07, 6.45) is 3.94. The molecule has 0 aromatic heterocycles. The molecular formula is C18H29Cl2NO2. The van der Waals surface area contributed by atoms with Crippen molar-refractivity contribution in [3.8, 4) is 0 Å². The predicted octanol–water partition coefficient (Wildman–Crippen LogP) is 4.55. The maximum atomic E-state index is 11.5. The monoisotopic (exact) mass is 361 g/mol. The number of carboxylic acids is 1. The Balaban J connectivity index is 0.00000242. The molecule has 2 atom stereocenters. The molecule has 1 aliphatic heterocycles. The second kappa shape index (κ2) is 10.9. The van der Waals surface area contributed by atoms with E-state index in [1.165, 1.54) is 11.1 Å². The third-order valence-corrected chi connectivity index (χ3v) is 4.59. The highest BCUT2D eigenvalue weighted by Crippen LogP contribution is 2.29. The van der Waals surface area contributed by atoms with Crippen LogP contribution in [0.5, 0.6) is 0 Å². The van der Waals surface area contributed by atoms with Crippen LogP contribution in [0.15, 0.2) is 24.3 Å². The quantitative estimate of drug-likeness (QED) is 0.774. The van der Waals surface area contributed by atoms with Gasteiger partial charge in [-0.3, -0.25) is 9.69 Å². The topological polar surface area (TPSA) is 40.5 Å². The van der Waals surface area contributed by atoms with Crippen LogP contribution in [-0.4, -0.2) is 29.1 Å². The summed E-state index contributed by atoms with van der Waals surface area (Å²) in [5, 5.41) is 9.45. The molecule has 0 amide bonds. The van der Waals surface area contributed by atoms with E-state index >= 15 is 0 Å². The Morgan fingerprint density at radius 3 is 2.52 bits per heavy atom. The van der Waals surface area contributed by atoms with Crippen molar-refractivity contribution >= 4 is 30.8 Å². The number of aryl methyl sites for hydroxylation is 1. The van der Waals surface area contributed by atoms with Crippen LogP contribution in [0.3, 0.4) is 0 Å². The molecule has 1 N–H and O–H groups in total. The van der Waals surface area contributed by atoms with Crippen molar-refractivity contribution in [1.82, 2.24) is 4.90 Å². The molecular weight excluding hydrogens is 333 g/mol. The van der Waals surface area contributed by atoms with E-state index in [9.17, 15) is 9.90 Å². The van der Waals surface area contributed by atoms with E-state index in [-0.39, 0.29) is 30.7 Å². The van der Waals surface area contributed by atoms with Crippen LogP contribution in [0.1, 0.15) is 43.7 Å². The molecule has 0 spiro atoms. The van der Waals surface area contributed by atoms with Crippen LogP contribution >= 0.6 is 24.8 Å². The molecule has 5 heteroatoms. The average molecular weight is 362 g/mol. The Hall–Kier alpha value is -0.770. The number of halogens is 2. The smallest absolute Gasteiger partial charge is 0.306 e. The van der Waals surface area contributed by atoms with Crippen molar-refractivity contribution in [2.24, 2.45) is 11.8 Å². The summed E-state index contributed by atoms with van der Waals surface area (Å²) in [4.78, 5) is 13.9. The number of unbranched alkanes of at least 4 members (excludes halogenated alkanes) is 1. The molecule has 0 radical (unpaired) electrons. The number of hydrogen-bond acceptors (Lipinski definition) is 2. The number of carbonyl (C=O) groups is 1. The fourth-order valence-electron chi connectivity index (χ4n) is 3.27. The van der Waals surface area contributed by atoms with Crippen LogP contribution in [0.2, 0.25) is 0 Å². The lowest BCUT2D eigenvalue weighted by Gasteiger charge is -2.20. The van der Waals surface area contributed by atoms with E-state index in [1.54, 1.807) is 0 Å². The molecule has 1 aromatic rings. The molecule has 23 heavy (non-hydrogen) atoms. The first-order valence-electron chi connectivity index (χ1n) is 8.11. The van der Waals surface area contributed by atoms with Gasteiger partial charge in [0.15, 0.2) is 0 Å². The first kappa shape index (κ1) is 22.2. The lowest BCUT2D eigenvalue weighted by molar-refractivity contribution is -0.143. The maximum absolute atomic E-state index is 11.5. The molecule has 1 aromatic carbocycles. The average Bonchev–Trinajstić information content (AvgIpc) is 2.90. The Bertz CT molecular complexity index is 465. The van der Waals surface area contributed by atoms with E-state index < -0.39 is 5.97 Å². The molecule has 1 heterocycles. The lowest BCUT2D eigenvalue weighted by atomic mass is 9.87. The summed E-state index contributed by atoms with van der Waals surface area (Å²) < 4.78 is 0. The standard InChI is InChI=1S/C18H27NO2.2ClH/c1-3-4-5-17(18(20)21)16-10-11-19(13-16)12-15-8-6-14(2)7-9-15;;/h6-9,16-17H,3-5,10-13H2,1-2H3,(H,20,21);2*1H/t16-,17?;;/m0../s1. The zero-order valence-corrected chi connectivity index (χ0v) is 15.7. The number of likely N-dealkylation sites (tertiary alicyclic amines) is 1. The summed E-state index contributed by atoms with van der Waals surface area (Å²) in [6, 6.07) is 8.64. The molecule has 132 valence electrons. The van der Waals surface area contributed by atoms with Gasteiger partial charge in [-0.25, -0.2) is 0 Å². The maximum Gasteiger partial charge on any atom is 0.306 e. The highest BCUT2D eigenvalue weighted by Gasteiger charge is 2.33. The van der Waals surface area contributed by atoms with Crippen molar-refractivity contribution < 1.29 is 9.90 Å². The number of nitrogens with zero attached hydrogens (tertiary/aromatic N) is 1. The van der Waals surface area contributed by atoms with Gasteiger partial charge < -0.3 is 5.11 Å². The Morgan fingerprint density at radius 2 is 1.96 bits per heavy atom. The number of rotatable bonds is 7. The van der Waals surface area contributed by atoms with E-state index in [2.05, 4.69) is 43.0 Å².